The fourth-order valence-electron chi connectivity index (χ4n) is 2.27. The highest BCUT2D eigenvalue weighted by Gasteiger charge is 2.32. The van der Waals surface area contributed by atoms with E-state index in [0.717, 1.165) is 8.95 Å². The maximum atomic E-state index is 12.1. The maximum absolute atomic E-state index is 12.1. The molecule has 0 saturated carbocycles. The van der Waals surface area contributed by atoms with E-state index in [4.69, 9.17) is 9.47 Å². The Kier molecular flexibility index (Phi) is 6.10. The number of anilines is 1. The van der Waals surface area contributed by atoms with Crippen LogP contribution in [0.4, 0.5) is 10.5 Å². The molecule has 2 amide bonds. The molecule has 0 radical (unpaired) electrons. The van der Waals surface area contributed by atoms with E-state index in [1.54, 1.807) is 0 Å². The van der Waals surface area contributed by atoms with Gasteiger partial charge >= 0.3 is 6.03 Å². The van der Waals surface area contributed by atoms with Gasteiger partial charge in [0.1, 0.15) is 6.10 Å². The van der Waals surface area contributed by atoms with Gasteiger partial charge in [-0.15, -0.1) is 0 Å². The Hall–Kier alpha value is -0.630. The molecule has 1 aliphatic rings. The fraction of sp³-hybridized carbons (Fsp3) is 0.562. The zero-order valence-corrected chi connectivity index (χ0v) is 16.9. The molecular weight excluding hydrogens is 428 g/mol. The summed E-state index contributed by atoms with van der Waals surface area (Å²) in [6.07, 6.45) is -0.133. The predicted molar refractivity (Wildman–Crippen MR) is 97.9 cm³/mol. The minimum absolute atomic E-state index is 0.133. The van der Waals surface area contributed by atoms with Gasteiger partial charge in [-0.3, -0.25) is 0 Å². The van der Waals surface area contributed by atoms with Crippen molar-refractivity contribution in [3.05, 3.63) is 26.6 Å². The molecule has 0 spiro atoms. The van der Waals surface area contributed by atoms with Crippen molar-refractivity contribution >= 4 is 43.6 Å². The number of urea groups is 1. The third kappa shape index (κ3) is 5.17. The van der Waals surface area contributed by atoms with Gasteiger partial charge in [0.2, 0.25) is 0 Å². The lowest BCUT2D eigenvalue weighted by molar-refractivity contribution is -0.137. The summed E-state index contributed by atoms with van der Waals surface area (Å²) < 4.78 is 12.8. The zero-order chi connectivity index (χ0) is 17.2. The number of hydrogen-bond acceptors (Lipinski definition) is 3. The van der Waals surface area contributed by atoms with Gasteiger partial charge in [0, 0.05) is 15.5 Å². The number of rotatable bonds is 4. The second kappa shape index (κ2) is 7.51. The van der Waals surface area contributed by atoms with Crippen molar-refractivity contribution in [2.24, 2.45) is 0 Å². The van der Waals surface area contributed by atoms with Crippen LogP contribution in [0.2, 0.25) is 0 Å². The smallest absolute Gasteiger partial charge is 0.319 e. The molecule has 23 heavy (non-hydrogen) atoms. The number of halogens is 2. The zero-order valence-electron chi connectivity index (χ0n) is 13.7. The fourth-order valence-corrected chi connectivity index (χ4v) is 3.69. The van der Waals surface area contributed by atoms with Gasteiger partial charge in [0.05, 0.1) is 12.3 Å². The molecule has 1 aliphatic heterocycles. The summed E-state index contributed by atoms with van der Waals surface area (Å²) in [6, 6.07) is 3.75. The Balaban J connectivity index is 1.93. The van der Waals surface area contributed by atoms with E-state index in [2.05, 4.69) is 56.3 Å². The van der Waals surface area contributed by atoms with Gasteiger partial charge in [-0.1, -0.05) is 13.8 Å². The molecule has 5 nitrogen and oxygen atoms in total. The van der Waals surface area contributed by atoms with Gasteiger partial charge in [0.15, 0.2) is 5.79 Å². The van der Waals surface area contributed by atoms with Crippen molar-refractivity contribution in [1.82, 2.24) is 5.32 Å². The third-order valence-electron chi connectivity index (χ3n) is 3.53. The van der Waals surface area contributed by atoms with Crippen LogP contribution in [0.15, 0.2) is 21.1 Å². The SMILES string of the molecule is CC(C)c1cc(Br)c(NC(=O)NCC2COC(C)(C)O2)c(Br)c1. The Labute approximate surface area is 153 Å². The van der Waals surface area contributed by atoms with Crippen molar-refractivity contribution in [3.8, 4) is 0 Å². The highest BCUT2D eigenvalue weighted by molar-refractivity contribution is 9.11. The first-order chi connectivity index (χ1) is 10.7. The summed E-state index contributed by atoms with van der Waals surface area (Å²) in [7, 11) is 0. The lowest BCUT2D eigenvalue weighted by atomic mass is 10.0. The van der Waals surface area contributed by atoms with E-state index >= 15 is 0 Å². The van der Waals surface area contributed by atoms with E-state index in [1.807, 2.05) is 26.0 Å². The Bertz CT molecular complexity index is 568. The van der Waals surface area contributed by atoms with E-state index in [0.29, 0.717) is 24.8 Å². The average Bonchev–Trinajstić information content (AvgIpc) is 2.79. The van der Waals surface area contributed by atoms with Crippen LogP contribution in [0.5, 0.6) is 0 Å². The minimum Gasteiger partial charge on any atom is -0.348 e. The van der Waals surface area contributed by atoms with E-state index in [9.17, 15) is 4.79 Å². The van der Waals surface area contributed by atoms with Crippen LogP contribution >= 0.6 is 31.9 Å². The molecule has 1 fully saturated rings. The van der Waals surface area contributed by atoms with E-state index in [1.165, 1.54) is 5.56 Å². The topological polar surface area (TPSA) is 59.6 Å². The summed E-state index contributed by atoms with van der Waals surface area (Å²) >= 11 is 7.02. The van der Waals surface area contributed by atoms with E-state index in [-0.39, 0.29) is 12.1 Å². The van der Waals surface area contributed by atoms with Gasteiger partial charge in [-0.2, -0.15) is 0 Å². The van der Waals surface area contributed by atoms with Crippen LogP contribution in [0.25, 0.3) is 0 Å². The number of carbonyl (C=O) groups is 1. The third-order valence-corrected chi connectivity index (χ3v) is 4.78. The van der Waals surface area contributed by atoms with Gasteiger partial charge in [-0.25, -0.2) is 4.79 Å². The average molecular weight is 450 g/mol. The summed E-state index contributed by atoms with van der Waals surface area (Å²) in [5.74, 6) is -0.171. The summed E-state index contributed by atoms with van der Waals surface area (Å²) in [6.45, 7) is 8.84. The highest BCUT2D eigenvalue weighted by atomic mass is 79.9. The van der Waals surface area contributed by atoms with Crippen molar-refractivity contribution < 1.29 is 14.3 Å². The quantitative estimate of drug-likeness (QED) is 0.705. The van der Waals surface area contributed by atoms with Crippen molar-refractivity contribution in [1.29, 1.82) is 0 Å². The molecule has 0 aliphatic carbocycles. The molecule has 1 saturated heterocycles. The molecular formula is C16H22Br2N2O3. The normalized spacial score (nSPS) is 19.9. The molecule has 1 atom stereocenters. The lowest BCUT2D eigenvalue weighted by Gasteiger charge is -2.18. The summed E-state index contributed by atoms with van der Waals surface area (Å²) in [4.78, 5) is 12.1. The van der Waals surface area contributed by atoms with Crippen LogP contribution in [-0.2, 0) is 9.47 Å². The molecule has 1 unspecified atom stereocenters. The lowest BCUT2D eigenvalue weighted by Crippen LogP contribution is -2.37. The molecule has 128 valence electrons. The molecule has 2 rings (SSSR count). The van der Waals surface area contributed by atoms with Crippen molar-refractivity contribution in [2.45, 2.75) is 45.5 Å². The number of amides is 2. The Morgan fingerprint density at radius 1 is 1.35 bits per heavy atom. The number of nitrogens with one attached hydrogen (secondary N) is 2. The molecule has 1 heterocycles. The first-order valence-electron chi connectivity index (χ1n) is 7.53. The van der Waals surface area contributed by atoms with Crippen LogP contribution in [-0.4, -0.2) is 31.1 Å². The number of carbonyl (C=O) groups excluding carboxylic acids is 1. The number of hydrogen-bond donors (Lipinski definition) is 2. The van der Waals surface area contributed by atoms with Crippen molar-refractivity contribution in [3.63, 3.8) is 0 Å². The number of benzene rings is 1. The molecule has 2 N–H and O–H groups in total. The molecule has 7 heteroatoms. The second-order valence-electron chi connectivity index (χ2n) is 6.30. The molecule has 0 aromatic heterocycles. The van der Waals surface area contributed by atoms with Crippen LogP contribution in [0.3, 0.4) is 0 Å². The van der Waals surface area contributed by atoms with Crippen LogP contribution in [0.1, 0.15) is 39.2 Å². The second-order valence-corrected chi connectivity index (χ2v) is 8.01. The standard InChI is InChI=1S/C16H22Br2N2O3/c1-9(2)10-5-12(17)14(13(18)6-10)20-15(21)19-7-11-8-22-16(3,4)23-11/h5-6,9,11H,7-8H2,1-4H3,(H2,19,20,21). The Morgan fingerprint density at radius 2 is 1.96 bits per heavy atom. The summed E-state index contributed by atoms with van der Waals surface area (Å²) in [5, 5.41) is 5.66. The molecule has 0 bridgehead atoms. The van der Waals surface area contributed by atoms with E-state index < -0.39 is 5.79 Å². The first kappa shape index (κ1) is 18.7. The van der Waals surface area contributed by atoms with Gasteiger partial charge in [0.25, 0.3) is 0 Å². The molecule has 1 aromatic rings. The predicted octanol–water partition coefficient (Wildman–Crippen LogP) is 4.61. The van der Waals surface area contributed by atoms with Crippen molar-refractivity contribution in [2.75, 3.05) is 18.5 Å². The summed E-state index contributed by atoms with van der Waals surface area (Å²) in [5.41, 5.74) is 1.89. The highest BCUT2D eigenvalue weighted by Crippen LogP contribution is 2.34. The van der Waals surface area contributed by atoms with Crippen LogP contribution < -0.4 is 10.6 Å². The number of ether oxygens (including phenoxy) is 2. The Morgan fingerprint density at radius 3 is 2.43 bits per heavy atom. The monoisotopic (exact) mass is 448 g/mol. The molecule has 1 aromatic carbocycles. The largest absolute Gasteiger partial charge is 0.348 e. The maximum Gasteiger partial charge on any atom is 0.319 e. The van der Waals surface area contributed by atoms with Crippen LogP contribution in [0, 0.1) is 0 Å². The van der Waals surface area contributed by atoms with Gasteiger partial charge < -0.3 is 20.1 Å². The van der Waals surface area contributed by atoms with Gasteiger partial charge in [-0.05, 0) is 69.3 Å². The first-order valence-corrected chi connectivity index (χ1v) is 9.12. The minimum atomic E-state index is -0.582.